The first-order valence-electron chi connectivity index (χ1n) is 7.36. The van der Waals surface area contributed by atoms with Crippen LogP contribution < -0.4 is 5.32 Å². The Morgan fingerprint density at radius 2 is 2.06 bits per heavy atom. The highest BCUT2D eigenvalue weighted by Crippen LogP contribution is 2.28. The summed E-state index contributed by atoms with van der Waals surface area (Å²) in [6.07, 6.45) is 9.51. The molecule has 2 aliphatic rings. The van der Waals surface area contributed by atoms with Gasteiger partial charge < -0.3 is 10.2 Å². The van der Waals surface area contributed by atoms with Crippen LogP contribution in [0.15, 0.2) is 0 Å². The molecule has 0 bridgehead atoms. The van der Waals surface area contributed by atoms with Crippen LogP contribution in [0.5, 0.6) is 0 Å². The van der Waals surface area contributed by atoms with Gasteiger partial charge >= 0.3 is 0 Å². The van der Waals surface area contributed by atoms with Gasteiger partial charge in [-0.2, -0.15) is 0 Å². The molecule has 1 aliphatic carbocycles. The van der Waals surface area contributed by atoms with Crippen LogP contribution >= 0.6 is 0 Å². The minimum atomic E-state index is 0.106. The number of rotatable bonds is 5. The molecule has 1 heterocycles. The molecule has 98 valence electrons. The fraction of sp³-hybridized carbons (Fsp3) is 0.929. The molecule has 3 heteroatoms. The summed E-state index contributed by atoms with van der Waals surface area (Å²) in [4.78, 5) is 14.7. The SMILES string of the molecule is CCCCN(C(=O)C1CCCCCN1)C1CC1. The molecule has 1 aliphatic heterocycles. The van der Waals surface area contributed by atoms with Crippen LogP contribution in [0, 0.1) is 0 Å². The normalized spacial score (nSPS) is 25.4. The molecule has 0 aromatic heterocycles. The highest BCUT2D eigenvalue weighted by molar-refractivity contribution is 5.82. The van der Waals surface area contributed by atoms with Crippen molar-refractivity contribution in [2.75, 3.05) is 13.1 Å². The average Bonchev–Trinajstić information content (AvgIpc) is 3.16. The third-order valence-electron chi connectivity index (χ3n) is 3.88. The molecule has 0 aromatic rings. The molecule has 0 radical (unpaired) electrons. The standard InChI is InChI=1S/C14H26N2O/c1-2-3-11-16(12-8-9-12)14(17)13-7-5-4-6-10-15-13/h12-13,15H,2-11H2,1H3. The summed E-state index contributed by atoms with van der Waals surface area (Å²) in [7, 11) is 0. The van der Waals surface area contributed by atoms with Crippen LogP contribution in [0.1, 0.15) is 58.3 Å². The van der Waals surface area contributed by atoms with Gasteiger partial charge in [-0.15, -0.1) is 0 Å². The van der Waals surface area contributed by atoms with Gasteiger partial charge in [-0.25, -0.2) is 0 Å². The second kappa shape index (κ2) is 6.39. The molecule has 1 atom stereocenters. The lowest BCUT2D eigenvalue weighted by Crippen LogP contribution is -2.47. The van der Waals surface area contributed by atoms with Gasteiger partial charge in [0.1, 0.15) is 0 Å². The number of hydrogen-bond acceptors (Lipinski definition) is 2. The highest BCUT2D eigenvalue weighted by atomic mass is 16.2. The Hall–Kier alpha value is -0.570. The average molecular weight is 238 g/mol. The van der Waals surface area contributed by atoms with E-state index in [1.807, 2.05) is 0 Å². The van der Waals surface area contributed by atoms with E-state index in [0.717, 1.165) is 25.9 Å². The van der Waals surface area contributed by atoms with Crippen molar-refractivity contribution < 1.29 is 4.79 Å². The summed E-state index contributed by atoms with van der Waals surface area (Å²) in [5.74, 6) is 0.378. The fourth-order valence-corrected chi connectivity index (χ4v) is 2.63. The van der Waals surface area contributed by atoms with Crippen LogP contribution in [0.4, 0.5) is 0 Å². The van der Waals surface area contributed by atoms with Crippen LogP contribution in [-0.4, -0.2) is 36.0 Å². The van der Waals surface area contributed by atoms with E-state index < -0.39 is 0 Å². The molecule has 2 rings (SSSR count). The number of nitrogens with one attached hydrogen (secondary N) is 1. The number of carbonyl (C=O) groups is 1. The number of unbranched alkanes of at least 4 members (excludes halogenated alkanes) is 1. The first kappa shape index (κ1) is 12.9. The van der Waals surface area contributed by atoms with Gasteiger partial charge in [0.2, 0.25) is 5.91 Å². The van der Waals surface area contributed by atoms with E-state index in [1.54, 1.807) is 0 Å². The number of nitrogens with zero attached hydrogens (tertiary/aromatic N) is 1. The second-order valence-electron chi connectivity index (χ2n) is 5.47. The highest BCUT2D eigenvalue weighted by Gasteiger charge is 2.35. The largest absolute Gasteiger partial charge is 0.338 e. The third kappa shape index (κ3) is 3.70. The van der Waals surface area contributed by atoms with E-state index >= 15 is 0 Å². The van der Waals surface area contributed by atoms with Gasteiger partial charge in [0, 0.05) is 12.6 Å². The number of amides is 1. The Morgan fingerprint density at radius 1 is 1.24 bits per heavy atom. The molecule has 1 N–H and O–H groups in total. The number of hydrogen-bond donors (Lipinski definition) is 1. The molecule has 3 nitrogen and oxygen atoms in total. The van der Waals surface area contributed by atoms with E-state index in [0.29, 0.717) is 11.9 Å². The van der Waals surface area contributed by atoms with Crippen molar-refractivity contribution in [3.8, 4) is 0 Å². The summed E-state index contributed by atoms with van der Waals surface area (Å²) in [6, 6.07) is 0.675. The summed E-state index contributed by atoms with van der Waals surface area (Å²) in [5, 5.41) is 3.43. The lowest BCUT2D eigenvalue weighted by atomic mass is 10.1. The zero-order valence-corrected chi connectivity index (χ0v) is 11.1. The molecular weight excluding hydrogens is 212 g/mol. The van der Waals surface area contributed by atoms with E-state index in [1.165, 1.54) is 38.5 Å². The third-order valence-corrected chi connectivity index (χ3v) is 3.88. The van der Waals surface area contributed by atoms with E-state index in [9.17, 15) is 4.79 Å². The smallest absolute Gasteiger partial charge is 0.239 e. The molecule has 1 saturated heterocycles. The molecule has 17 heavy (non-hydrogen) atoms. The summed E-state index contributed by atoms with van der Waals surface area (Å²) in [6.45, 7) is 4.18. The van der Waals surface area contributed by atoms with Crippen molar-refractivity contribution in [3.05, 3.63) is 0 Å². The zero-order chi connectivity index (χ0) is 12.1. The van der Waals surface area contributed by atoms with Crippen LogP contribution in [0.2, 0.25) is 0 Å². The Morgan fingerprint density at radius 3 is 2.76 bits per heavy atom. The summed E-state index contributed by atoms with van der Waals surface area (Å²) < 4.78 is 0. The van der Waals surface area contributed by atoms with Crippen molar-refractivity contribution in [2.45, 2.75) is 70.4 Å². The maximum Gasteiger partial charge on any atom is 0.239 e. The van der Waals surface area contributed by atoms with Crippen molar-refractivity contribution in [3.63, 3.8) is 0 Å². The monoisotopic (exact) mass is 238 g/mol. The molecular formula is C14H26N2O. The molecule has 0 spiro atoms. The predicted molar refractivity (Wildman–Crippen MR) is 69.9 cm³/mol. The van der Waals surface area contributed by atoms with Gasteiger partial charge in [0.25, 0.3) is 0 Å². The molecule has 1 amide bonds. The molecule has 1 saturated carbocycles. The summed E-state index contributed by atoms with van der Waals surface area (Å²) in [5.41, 5.74) is 0. The minimum absolute atomic E-state index is 0.106. The Labute approximate surface area is 105 Å². The second-order valence-corrected chi connectivity index (χ2v) is 5.47. The van der Waals surface area contributed by atoms with Gasteiger partial charge in [-0.3, -0.25) is 4.79 Å². The Bertz CT molecular complexity index is 243. The van der Waals surface area contributed by atoms with Crippen LogP contribution in [0.3, 0.4) is 0 Å². The quantitative estimate of drug-likeness (QED) is 0.797. The first-order chi connectivity index (χ1) is 8.33. The molecule has 1 unspecified atom stereocenters. The maximum atomic E-state index is 12.5. The minimum Gasteiger partial charge on any atom is -0.338 e. The molecule has 2 fully saturated rings. The van der Waals surface area contributed by atoms with Gasteiger partial charge in [0.15, 0.2) is 0 Å². The van der Waals surface area contributed by atoms with Crippen molar-refractivity contribution in [2.24, 2.45) is 0 Å². The van der Waals surface area contributed by atoms with E-state index in [-0.39, 0.29) is 6.04 Å². The van der Waals surface area contributed by atoms with Crippen molar-refractivity contribution >= 4 is 5.91 Å². The van der Waals surface area contributed by atoms with Crippen molar-refractivity contribution in [1.82, 2.24) is 10.2 Å². The van der Waals surface area contributed by atoms with Gasteiger partial charge in [-0.05, 0) is 38.6 Å². The van der Waals surface area contributed by atoms with Crippen LogP contribution in [-0.2, 0) is 4.79 Å². The molecule has 0 aromatic carbocycles. The first-order valence-corrected chi connectivity index (χ1v) is 7.36. The maximum absolute atomic E-state index is 12.5. The van der Waals surface area contributed by atoms with Crippen molar-refractivity contribution in [1.29, 1.82) is 0 Å². The van der Waals surface area contributed by atoms with E-state index in [2.05, 4.69) is 17.1 Å². The lowest BCUT2D eigenvalue weighted by Gasteiger charge is -2.27. The van der Waals surface area contributed by atoms with E-state index in [4.69, 9.17) is 0 Å². The Balaban J connectivity index is 1.89. The number of carbonyl (C=O) groups excluding carboxylic acids is 1. The van der Waals surface area contributed by atoms with Gasteiger partial charge in [0.05, 0.1) is 6.04 Å². The Kier molecular flexibility index (Phi) is 4.84. The topological polar surface area (TPSA) is 32.3 Å². The predicted octanol–water partition coefficient (Wildman–Crippen LogP) is 2.31. The van der Waals surface area contributed by atoms with Crippen LogP contribution in [0.25, 0.3) is 0 Å². The lowest BCUT2D eigenvalue weighted by molar-refractivity contribution is -0.134. The van der Waals surface area contributed by atoms with Gasteiger partial charge in [-0.1, -0.05) is 26.2 Å². The fourth-order valence-electron chi connectivity index (χ4n) is 2.63. The zero-order valence-electron chi connectivity index (χ0n) is 11.1. The summed E-state index contributed by atoms with van der Waals surface area (Å²) >= 11 is 0.